The van der Waals surface area contributed by atoms with Crippen LogP contribution in [0, 0.1) is 5.92 Å². The maximum absolute atomic E-state index is 12.8. The molecule has 0 saturated heterocycles. The number of nitrogens with one attached hydrogen (secondary N) is 2. The van der Waals surface area contributed by atoms with Gasteiger partial charge in [-0.2, -0.15) is 5.10 Å². The summed E-state index contributed by atoms with van der Waals surface area (Å²) in [6, 6.07) is 5.70. The third-order valence-electron chi connectivity index (χ3n) is 5.41. The second-order valence-electron chi connectivity index (χ2n) is 7.40. The van der Waals surface area contributed by atoms with Crippen molar-refractivity contribution in [2.24, 2.45) is 5.92 Å². The summed E-state index contributed by atoms with van der Waals surface area (Å²) in [4.78, 5) is 33.1. The standard InChI is InChI=1S/C21H24N6O3/c1-30-21(29)15-4-6-16(7-5-15)25-20(28)17-13-24-27-10-8-18(26-19(17)27)23-12-14-3-2-9-22-11-14/h2-3,8-11,13,15-16H,4-7,12H2,1H3,(H,23,26)(H,25,28)/t15-,16-. The summed E-state index contributed by atoms with van der Waals surface area (Å²) >= 11 is 0. The molecular formula is C21H24N6O3. The highest BCUT2D eigenvalue weighted by Gasteiger charge is 2.28. The number of rotatable bonds is 6. The lowest BCUT2D eigenvalue weighted by atomic mass is 9.86. The molecule has 4 rings (SSSR count). The fourth-order valence-corrected chi connectivity index (χ4v) is 3.73. The van der Waals surface area contributed by atoms with E-state index < -0.39 is 0 Å². The zero-order valence-corrected chi connectivity index (χ0v) is 16.7. The monoisotopic (exact) mass is 408 g/mol. The van der Waals surface area contributed by atoms with Crippen LogP contribution in [-0.4, -0.2) is 44.6 Å². The molecule has 0 aromatic carbocycles. The molecule has 30 heavy (non-hydrogen) atoms. The number of pyridine rings is 1. The number of aromatic nitrogens is 4. The average Bonchev–Trinajstić information content (AvgIpc) is 3.22. The van der Waals surface area contributed by atoms with E-state index >= 15 is 0 Å². The van der Waals surface area contributed by atoms with Crippen molar-refractivity contribution in [3.8, 4) is 0 Å². The molecule has 1 saturated carbocycles. The second kappa shape index (κ2) is 8.89. The quantitative estimate of drug-likeness (QED) is 0.602. The summed E-state index contributed by atoms with van der Waals surface area (Å²) < 4.78 is 6.40. The van der Waals surface area contributed by atoms with Crippen LogP contribution in [0.5, 0.6) is 0 Å². The van der Waals surface area contributed by atoms with E-state index in [0.717, 1.165) is 18.4 Å². The van der Waals surface area contributed by atoms with Crippen LogP contribution in [0.1, 0.15) is 41.6 Å². The summed E-state index contributed by atoms with van der Waals surface area (Å²) in [5, 5.41) is 10.5. The molecule has 1 fully saturated rings. The van der Waals surface area contributed by atoms with Gasteiger partial charge < -0.3 is 15.4 Å². The van der Waals surface area contributed by atoms with E-state index in [1.54, 1.807) is 23.1 Å². The Morgan fingerprint density at radius 2 is 2.03 bits per heavy atom. The Labute approximate surface area is 173 Å². The van der Waals surface area contributed by atoms with Crippen molar-refractivity contribution >= 4 is 23.3 Å². The zero-order chi connectivity index (χ0) is 20.9. The minimum atomic E-state index is -0.205. The SMILES string of the molecule is COC(=O)[C@H]1CC[C@H](NC(=O)c2cnn3ccc(NCc4cccnc4)nc23)CC1. The molecule has 0 radical (unpaired) electrons. The molecule has 3 heterocycles. The number of ether oxygens (including phenoxy) is 1. The summed E-state index contributed by atoms with van der Waals surface area (Å²) in [5.74, 6) is 0.205. The molecule has 0 bridgehead atoms. The third kappa shape index (κ3) is 4.40. The Morgan fingerprint density at radius 1 is 1.20 bits per heavy atom. The van der Waals surface area contributed by atoms with E-state index in [1.165, 1.54) is 13.3 Å². The number of carbonyl (C=O) groups is 2. The van der Waals surface area contributed by atoms with Gasteiger partial charge in [-0.15, -0.1) is 0 Å². The summed E-state index contributed by atoms with van der Waals surface area (Å²) in [7, 11) is 1.41. The largest absolute Gasteiger partial charge is 0.469 e. The van der Waals surface area contributed by atoms with Crippen LogP contribution >= 0.6 is 0 Å². The number of hydrogen-bond acceptors (Lipinski definition) is 7. The first-order valence-electron chi connectivity index (χ1n) is 10.00. The number of methoxy groups -OCH3 is 1. The van der Waals surface area contributed by atoms with Gasteiger partial charge in [-0.1, -0.05) is 6.07 Å². The number of carbonyl (C=O) groups excluding carboxylic acids is 2. The number of nitrogens with zero attached hydrogens (tertiary/aromatic N) is 4. The van der Waals surface area contributed by atoms with Gasteiger partial charge in [0.25, 0.3) is 5.91 Å². The molecule has 2 N–H and O–H groups in total. The zero-order valence-electron chi connectivity index (χ0n) is 16.7. The molecule has 3 aromatic rings. The lowest BCUT2D eigenvalue weighted by Crippen LogP contribution is -2.38. The maximum atomic E-state index is 12.8. The summed E-state index contributed by atoms with van der Waals surface area (Å²) in [5.41, 5.74) is 1.95. The van der Waals surface area contributed by atoms with Crippen LogP contribution < -0.4 is 10.6 Å². The Hall–Kier alpha value is -3.49. The van der Waals surface area contributed by atoms with E-state index in [1.807, 2.05) is 18.2 Å². The van der Waals surface area contributed by atoms with Gasteiger partial charge in [0.2, 0.25) is 0 Å². The van der Waals surface area contributed by atoms with E-state index in [-0.39, 0.29) is 23.8 Å². The Balaban J connectivity index is 1.41. The van der Waals surface area contributed by atoms with Crippen molar-refractivity contribution in [1.29, 1.82) is 0 Å². The van der Waals surface area contributed by atoms with E-state index in [2.05, 4.69) is 25.7 Å². The highest BCUT2D eigenvalue weighted by atomic mass is 16.5. The van der Waals surface area contributed by atoms with Crippen molar-refractivity contribution < 1.29 is 14.3 Å². The minimum absolute atomic E-state index is 0.0280. The molecule has 1 aliphatic carbocycles. The Bertz CT molecular complexity index is 1030. The molecule has 1 amide bonds. The number of anilines is 1. The van der Waals surface area contributed by atoms with Gasteiger partial charge in [0.1, 0.15) is 11.4 Å². The van der Waals surface area contributed by atoms with Crippen LogP contribution in [0.4, 0.5) is 5.82 Å². The number of amides is 1. The Morgan fingerprint density at radius 3 is 2.77 bits per heavy atom. The molecule has 9 heteroatoms. The van der Waals surface area contributed by atoms with Gasteiger partial charge in [0.15, 0.2) is 5.65 Å². The van der Waals surface area contributed by atoms with E-state index in [0.29, 0.717) is 36.4 Å². The van der Waals surface area contributed by atoms with Crippen LogP contribution in [0.2, 0.25) is 0 Å². The highest BCUT2D eigenvalue weighted by molar-refractivity contribution is 5.99. The smallest absolute Gasteiger partial charge is 0.308 e. The van der Waals surface area contributed by atoms with E-state index in [4.69, 9.17) is 4.74 Å². The molecular weight excluding hydrogens is 384 g/mol. The van der Waals surface area contributed by atoms with Crippen LogP contribution in [0.3, 0.4) is 0 Å². The van der Waals surface area contributed by atoms with E-state index in [9.17, 15) is 9.59 Å². The predicted molar refractivity (Wildman–Crippen MR) is 110 cm³/mol. The van der Waals surface area contributed by atoms with Crippen LogP contribution in [-0.2, 0) is 16.1 Å². The van der Waals surface area contributed by atoms with Gasteiger partial charge in [0.05, 0.1) is 19.2 Å². The summed E-state index contributed by atoms with van der Waals surface area (Å²) in [6.45, 7) is 0.579. The van der Waals surface area contributed by atoms with Crippen LogP contribution in [0.15, 0.2) is 43.0 Å². The molecule has 0 aliphatic heterocycles. The van der Waals surface area contributed by atoms with Gasteiger partial charge in [-0.25, -0.2) is 9.50 Å². The molecule has 0 unspecified atom stereocenters. The number of fused-ring (bicyclic) bond motifs is 1. The minimum Gasteiger partial charge on any atom is -0.469 e. The van der Waals surface area contributed by atoms with Gasteiger partial charge >= 0.3 is 5.97 Å². The topological polar surface area (TPSA) is 111 Å². The summed E-state index contributed by atoms with van der Waals surface area (Å²) in [6.07, 6.45) is 9.74. The normalized spacial score (nSPS) is 18.7. The molecule has 1 aliphatic rings. The second-order valence-corrected chi connectivity index (χ2v) is 7.40. The number of esters is 1. The van der Waals surface area contributed by atoms with Gasteiger partial charge in [-0.05, 0) is 43.4 Å². The van der Waals surface area contributed by atoms with Crippen molar-refractivity contribution in [3.63, 3.8) is 0 Å². The predicted octanol–water partition coefficient (Wildman–Crippen LogP) is 2.20. The van der Waals surface area contributed by atoms with Gasteiger partial charge in [-0.3, -0.25) is 14.6 Å². The van der Waals surface area contributed by atoms with Crippen molar-refractivity contribution in [3.05, 3.63) is 54.1 Å². The molecule has 0 atom stereocenters. The molecule has 156 valence electrons. The molecule has 3 aromatic heterocycles. The van der Waals surface area contributed by atoms with Gasteiger partial charge in [0, 0.05) is 31.2 Å². The molecule has 9 nitrogen and oxygen atoms in total. The number of hydrogen-bond donors (Lipinski definition) is 2. The van der Waals surface area contributed by atoms with Crippen molar-refractivity contribution in [1.82, 2.24) is 24.9 Å². The Kier molecular flexibility index (Phi) is 5.87. The fraction of sp³-hybridized carbons (Fsp3) is 0.381. The van der Waals surface area contributed by atoms with Crippen molar-refractivity contribution in [2.75, 3.05) is 12.4 Å². The molecule has 0 spiro atoms. The van der Waals surface area contributed by atoms with Crippen molar-refractivity contribution in [2.45, 2.75) is 38.3 Å². The first kappa shape index (κ1) is 19.8. The fourth-order valence-electron chi connectivity index (χ4n) is 3.73. The lowest BCUT2D eigenvalue weighted by molar-refractivity contribution is -0.146. The lowest BCUT2D eigenvalue weighted by Gasteiger charge is -2.27. The van der Waals surface area contributed by atoms with Crippen LogP contribution in [0.25, 0.3) is 5.65 Å². The third-order valence-corrected chi connectivity index (χ3v) is 5.41. The maximum Gasteiger partial charge on any atom is 0.308 e. The average molecular weight is 408 g/mol. The first-order chi connectivity index (χ1) is 14.6. The highest BCUT2D eigenvalue weighted by Crippen LogP contribution is 2.25. The first-order valence-corrected chi connectivity index (χ1v) is 10.00.